The average molecular weight is 536 g/mol. The van der Waals surface area contributed by atoms with Gasteiger partial charge in [0.25, 0.3) is 10.0 Å². The Morgan fingerprint density at radius 1 is 1.05 bits per heavy atom. The Balaban J connectivity index is 1.62. The molecule has 4 rings (SSSR count). The van der Waals surface area contributed by atoms with Crippen molar-refractivity contribution < 1.29 is 26.7 Å². The number of aliphatic hydroxyl groups is 1. The molecule has 196 valence electrons. The summed E-state index contributed by atoms with van der Waals surface area (Å²) < 4.78 is 69.3. The monoisotopic (exact) mass is 535 g/mol. The zero-order valence-corrected chi connectivity index (χ0v) is 20.7. The fourth-order valence-electron chi connectivity index (χ4n) is 3.59. The first-order valence-corrected chi connectivity index (χ1v) is 12.6. The summed E-state index contributed by atoms with van der Waals surface area (Å²) in [6.45, 7) is 3.47. The summed E-state index contributed by atoms with van der Waals surface area (Å²) >= 11 is 0. The van der Waals surface area contributed by atoms with Gasteiger partial charge in [0.15, 0.2) is 11.5 Å². The summed E-state index contributed by atoms with van der Waals surface area (Å²) in [5.41, 5.74) is 0.850. The van der Waals surface area contributed by atoms with Gasteiger partial charge in [0.05, 0.1) is 17.7 Å². The van der Waals surface area contributed by atoms with Crippen LogP contribution in [0, 0.1) is 24.4 Å². The molecule has 2 heterocycles. The number of aromatic amines is 1. The summed E-state index contributed by atoms with van der Waals surface area (Å²) in [5.74, 6) is -2.50. The summed E-state index contributed by atoms with van der Waals surface area (Å²) in [5, 5.41) is 19.9. The molecule has 0 spiro atoms. The third-order valence-corrected chi connectivity index (χ3v) is 6.90. The zero-order valence-electron chi connectivity index (χ0n) is 19.9. The van der Waals surface area contributed by atoms with E-state index in [0.717, 1.165) is 23.9 Å². The Morgan fingerprint density at radius 2 is 1.84 bits per heavy atom. The van der Waals surface area contributed by atoms with Crippen LogP contribution in [-0.4, -0.2) is 71.9 Å². The molecule has 0 fully saturated rings. The molecule has 0 unspecified atom stereocenters. The van der Waals surface area contributed by atoms with Crippen molar-refractivity contribution in [3.05, 3.63) is 59.5 Å². The van der Waals surface area contributed by atoms with Crippen LogP contribution in [0.25, 0.3) is 22.4 Å². The van der Waals surface area contributed by atoms with Gasteiger partial charge >= 0.3 is 0 Å². The SMILES string of the molecule is Cc1[nH]nc2nc(-c3ccc(NS(=O)(=O)c4cc(F)ccc4F)c(F)c3)nc(NCCN(C)CCO)c12. The highest BCUT2D eigenvalue weighted by atomic mass is 32.2. The van der Waals surface area contributed by atoms with Gasteiger partial charge in [-0.15, -0.1) is 0 Å². The molecule has 0 radical (unpaired) electrons. The summed E-state index contributed by atoms with van der Waals surface area (Å²) in [7, 11) is -2.74. The fourth-order valence-corrected chi connectivity index (χ4v) is 4.75. The average Bonchev–Trinajstić information content (AvgIpc) is 3.22. The van der Waals surface area contributed by atoms with Crippen molar-refractivity contribution in [3.8, 4) is 11.4 Å². The van der Waals surface area contributed by atoms with Crippen molar-refractivity contribution in [1.82, 2.24) is 25.1 Å². The van der Waals surface area contributed by atoms with Crippen LogP contribution in [0.2, 0.25) is 0 Å². The molecule has 10 nitrogen and oxygen atoms in total. The second-order valence-electron chi connectivity index (χ2n) is 8.27. The number of hydrogen-bond acceptors (Lipinski definition) is 8. The number of aryl methyl sites for hydroxylation is 1. The summed E-state index contributed by atoms with van der Waals surface area (Å²) in [4.78, 5) is 9.88. The number of aliphatic hydroxyl groups excluding tert-OH is 1. The van der Waals surface area contributed by atoms with E-state index in [2.05, 4.69) is 25.5 Å². The lowest BCUT2D eigenvalue weighted by molar-refractivity contribution is 0.225. The van der Waals surface area contributed by atoms with E-state index in [-0.39, 0.29) is 18.0 Å². The van der Waals surface area contributed by atoms with Crippen molar-refractivity contribution in [2.45, 2.75) is 11.8 Å². The normalized spacial score (nSPS) is 11.9. The van der Waals surface area contributed by atoms with E-state index in [1.54, 1.807) is 0 Å². The minimum absolute atomic E-state index is 0.0358. The predicted octanol–water partition coefficient (Wildman–Crippen LogP) is 2.88. The van der Waals surface area contributed by atoms with Gasteiger partial charge < -0.3 is 15.3 Å². The molecule has 0 bridgehead atoms. The molecule has 2 aromatic heterocycles. The third-order valence-electron chi connectivity index (χ3n) is 5.52. The first-order valence-electron chi connectivity index (χ1n) is 11.1. The quantitative estimate of drug-likeness (QED) is 0.243. The first-order chi connectivity index (χ1) is 17.6. The molecule has 0 aliphatic heterocycles. The topological polar surface area (TPSA) is 136 Å². The highest BCUT2D eigenvalue weighted by molar-refractivity contribution is 7.92. The number of H-pyrrole nitrogens is 1. The lowest BCUT2D eigenvalue weighted by Crippen LogP contribution is -2.28. The highest BCUT2D eigenvalue weighted by Crippen LogP contribution is 2.29. The van der Waals surface area contributed by atoms with Gasteiger partial charge in [0.1, 0.15) is 28.2 Å². The number of likely N-dealkylation sites (N-methyl/N-ethyl adjacent to an activating group) is 1. The first kappa shape index (κ1) is 26.3. The van der Waals surface area contributed by atoms with E-state index in [4.69, 9.17) is 5.11 Å². The standard InChI is InChI=1S/C23H24F3N7O3S/c1-13-20-22(27-7-8-33(2)9-10-34)28-21(29-23(20)31-30-13)14-3-6-18(17(26)11-14)32-37(35,36)19-12-15(24)4-5-16(19)25/h3-6,11-12,32,34H,7-10H2,1-2H3,(H2,27,28,29,30,31). The maximum atomic E-state index is 14.9. The number of benzene rings is 2. The number of anilines is 2. The molecular weight excluding hydrogens is 511 g/mol. The number of halogens is 3. The molecule has 0 saturated heterocycles. The summed E-state index contributed by atoms with van der Waals surface area (Å²) in [6, 6.07) is 5.51. The molecule has 0 atom stereocenters. The zero-order chi connectivity index (χ0) is 26.7. The van der Waals surface area contributed by atoms with Gasteiger partial charge in [-0.1, -0.05) is 0 Å². The van der Waals surface area contributed by atoms with Crippen LogP contribution in [0.3, 0.4) is 0 Å². The Kier molecular flexibility index (Phi) is 7.61. The van der Waals surface area contributed by atoms with Crippen molar-refractivity contribution in [3.63, 3.8) is 0 Å². The van der Waals surface area contributed by atoms with Crippen LogP contribution in [0.15, 0.2) is 41.3 Å². The molecule has 0 amide bonds. The molecule has 37 heavy (non-hydrogen) atoms. The van der Waals surface area contributed by atoms with Crippen LogP contribution in [0.4, 0.5) is 24.7 Å². The van der Waals surface area contributed by atoms with Crippen molar-refractivity contribution in [2.24, 2.45) is 0 Å². The Labute approximate surface area is 210 Å². The number of sulfonamides is 1. The predicted molar refractivity (Wildman–Crippen MR) is 132 cm³/mol. The van der Waals surface area contributed by atoms with Gasteiger partial charge in [-0.05, 0) is 50.4 Å². The Morgan fingerprint density at radius 3 is 2.57 bits per heavy atom. The fraction of sp³-hybridized carbons (Fsp3) is 0.261. The van der Waals surface area contributed by atoms with Gasteiger partial charge in [-0.2, -0.15) is 5.10 Å². The van der Waals surface area contributed by atoms with Gasteiger partial charge in [0.2, 0.25) is 0 Å². The number of aromatic nitrogens is 4. The Hall–Kier alpha value is -3.75. The number of nitrogens with zero attached hydrogens (tertiary/aromatic N) is 4. The van der Waals surface area contributed by atoms with Crippen LogP contribution in [-0.2, 0) is 10.0 Å². The smallest absolute Gasteiger partial charge is 0.265 e. The number of nitrogens with one attached hydrogen (secondary N) is 3. The van der Waals surface area contributed by atoms with Crippen LogP contribution in [0.1, 0.15) is 5.69 Å². The summed E-state index contributed by atoms with van der Waals surface area (Å²) in [6.07, 6.45) is 0. The van der Waals surface area contributed by atoms with E-state index in [0.29, 0.717) is 48.6 Å². The van der Waals surface area contributed by atoms with Crippen LogP contribution in [0.5, 0.6) is 0 Å². The molecule has 0 saturated carbocycles. The molecule has 4 N–H and O–H groups in total. The Bertz CT molecular complexity index is 1550. The van der Waals surface area contributed by atoms with Gasteiger partial charge in [-0.25, -0.2) is 31.6 Å². The minimum atomic E-state index is -4.60. The number of fused-ring (bicyclic) bond motifs is 1. The minimum Gasteiger partial charge on any atom is -0.395 e. The van der Waals surface area contributed by atoms with E-state index in [1.807, 2.05) is 23.6 Å². The maximum absolute atomic E-state index is 14.9. The molecule has 14 heteroatoms. The van der Waals surface area contributed by atoms with E-state index >= 15 is 0 Å². The van der Waals surface area contributed by atoms with E-state index < -0.39 is 38.1 Å². The largest absolute Gasteiger partial charge is 0.395 e. The van der Waals surface area contributed by atoms with Crippen LogP contribution < -0.4 is 10.0 Å². The third kappa shape index (κ3) is 5.81. The van der Waals surface area contributed by atoms with Gasteiger partial charge in [-0.3, -0.25) is 9.82 Å². The van der Waals surface area contributed by atoms with E-state index in [1.165, 1.54) is 6.07 Å². The van der Waals surface area contributed by atoms with Crippen LogP contribution >= 0.6 is 0 Å². The van der Waals surface area contributed by atoms with Crippen molar-refractivity contribution in [1.29, 1.82) is 0 Å². The molecule has 0 aliphatic carbocycles. The molecular formula is C23H24F3N7O3S. The lowest BCUT2D eigenvalue weighted by Gasteiger charge is -2.16. The second kappa shape index (κ2) is 10.7. The maximum Gasteiger partial charge on any atom is 0.265 e. The van der Waals surface area contributed by atoms with Crippen molar-refractivity contribution in [2.75, 3.05) is 43.3 Å². The lowest BCUT2D eigenvalue weighted by atomic mass is 10.1. The number of hydrogen-bond donors (Lipinski definition) is 4. The van der Waals surface area contributed by atoms with E-state index in [9.17, 15) is 21.6 Å². The molecule has 2 aromatic carbocycles. The van der Waals surface area contributed by atoms with Crippen molar-refractivity contribution >= 4 is 32.6 Å². The highest BCUT2D eigenvalue weighted by Gasteiger charge is 2.22. The molecule has 4 aromatic rings. The number of rotatable bonds is 10. The molecule has 0 aliphatic rings. The van der Waals surface area contributed by atoms with Gasteiger partial charge in [0, 0.05) is 30.9 Å². The second-order valence-corrected chi connectivity index (χ2v) is 9.92.